The Morgan fingerprint density at radius 3 is 0.829 bits per heavy atom. The summed E-state index contributed by atoms with van der Waals surface area (Å²) in [5.41, 5.74) is 28.4. The van der Waals surface area contributed by atoms with E-state index in [1.165, 1.54) is 83.4 Å². The van der Waals surface area contributed by atoms with Gasteiger partial charge in [0.25, 0.3) is 0 Å². The highest BCUT2D eigenvalue weighted by Crippen LogP contribution is 2.56. The highest BCUT2D eigenvalue weighted by Gasteiger charge is 2.30. The van der Waals surface area contributed by atoms with Crippen LogP contribution in [0.4, 0.5) is 68.2 Å². The number of hydrogen-bond donors (Lipinski definition) is 0. The zero-order valence-corrected chi connectivity index (χ0v) is 80.4. The first kappa shape index (κ1) is 84.1. The summed E-state index contributed by atoms with van der Waals surface area (Å²) >= 11 is 3.74. The Hall–Kier alpha value is -18.8. The first-order valence-corrected chi connectivity index (χ1v) is 51.1. The normalized spacial score (nSPS) is 11.8. The summed E-state index contributed by atoms with van der Waals surface area (Å²) in [5.74, 6) is 0. The molecular weight excluding hydrogens is 1820 g/mol. The molecule has 30 aromatic rings. The number of anilines is 12. The molecule has 6 aromatic heterocycles. The summed E-state index contributed by atoms with van der Waals surface area (Å²) in [4.78, 5) is 9.50. The highest BCUT2D eigenvalue weighted by molar-refractivity contribution is 7.27. The predicted molar refractivity (Wildman–Crippen MR) is 618 cm³/mol. The van der Waals surface area contributed by atoms with Crippen LogP contribution in [0.3, 0.4) is 0 Å². The maximum atomic E-state index is 7.21. The summed E-state index contributed by atoms with van der Waals surface area (Å²) in [5, 5.41) is 23.6. The smallest absolute Gasteiger partial charge is 0.159 e. The van der Waals surface area contributed by atoms with Gasteiger partial charge in [-0.1, -0.05) is 364 Å². The maximum absolute atomic E-state index is 7.21. The van der Waals surface area contributed by atoms with Crippen LogP contribution in [0, 0.1) is 0 Å². The van der Waals surface area contributed by atoms with Crippen molar-refractivity contribution in [1.29, 1.82) is 0 Å². The molecule has 0 aliphatic heterocycles. The number of nitrogens with zero attached hydrogens (tertiary/aromatic N) is 4. The number of rotatable bonds is 16. The van der Waals surface area contributed by atoms with E-state index in [2.05, 4.69) is 505 Å². The molecule has 30 rings (SSSR count). The van der Waals surface area contributed by atoms with E-state index < -0.39 is 0 Å². The lowest BCUT2D eigenvalue weighted by molar-refractivity contribution is 0.668. The minimum absolute atomic E-state index is 0.832. The standard InChI is InChI=1S/C80H50N2O2S.C56H34N2O2S/c1-5-23-51(24-6-1)57-31-15-17-41-70(57)81(72-43-21-39-65-63-37-19-35-59(76(63)83-78(65)72)53-27-9-3-10-28-53)55-45-47-67-69(49-55)61-33-13-14-34-62(61)75-68-48-46-56(50-74(68)85-80(67)75)82(71-42-18-16-32-58(71)52-25-7-2-8-26-52)73-44-22-40-66-64-38-20-36-60(77(64)84-79(66)73)54-29-11-4-12-30-54;1-3-13-35(14-4-1)57(38-23-27-44-42-18-9-11-21-50(42)59-52(44)32-38)37-25-29-47-49(31-37)41-17-7-8-20-46(41)55-48-30-26-40(34-54(48)61-56(47)55)58(36-15-5-2-6-16-36)39-24-28-45-43-19-10-12-22-51(43)60-53(45)33-39/h1-50H;1-34H. The molecule has 0 aliphatic carbocycles. The van der Waals surface area contributed by atoms with Gasteiger partial charge in [-0.2, -0.15) is 0 Å². The Morgan fingerprint density at radius 2 is 0.418 bits per heavy atom. The molecule has 146 heavy (non-hydrogen) atoms. The molecule has 0 saturated heterocycles. The number of fused-ring (bicyclic) bond motifs is 28. The van der Waals surface area contributed by atoms with Gasteiger partial charge in [-0.25, -0.2) is 0 Å². The van der Waals surface area contributed by atoms with Crippen molar-refractivity contribution in [2.24, 2.45) is 0 Å². The SMILES string of the molecule is c1ccc(-c2ccccc2N(c2ccc3c(c2)sc2c4ccc(N(c5ccccc5-c5ccccc5)c5cccc6c5oc5c(-c7ccccc7)cccc56)cc4c4ccccc4c32)c2cccc3c2oc2c(-c4ccccc4)cccc23)cc1.c1ccc(N(c2ccc3c(c2)oc2ccccc23)c2ccc3c(c2)sc2c4ccc(N(c5ccccc5)c5ccc6c(c5)oc5ccccc56)cc4c4ccccc4c32)cc1. The molecule has 6 heterocycles. The van der Waals surface area contributed by atoms with E-state index in [1.807, 2.05) is 46.9 Å². The Bertz CT molecular complexity index is 10500. The third kappa shape index (κ3) is 13.9. The molecule has 24 aromatic carbocycles. The largest absolute Gasteiger partial charge is 0.456 e. The van der Waals surface area contributed by atoms with E-state index in [4.69, 9.17) is 17.7 Å². The first-order chi connectivity index (χ1) is 72.4. The van der Waals surface area contributed by atoms with Crippen molar-refractivity contribution in [1.82, 2.24) is 0 Å². The van der Waals surface area contributed by atoms with Crippen LogP contribution in [0.25, 0.3) is 216 Å². The van der Waals surface area contributed by atoms with E-state index in [-0.39, 0.29) is 0 Å². The average molecular weight is 1900 g/mol. The van der Waals surface area contributed by atoms with E-state index in [0.717, 1.165) is 201 Å². The van der Waals surface area contributed by atoms with Gasteiger partial charge in [0.2, 0.25) is 0 Å². The molecule has 0 saturated carbocycles. The zero-order chi connectivity index (χ0) is 96.0. The van der Waals surface area contributed by atoms with Gasteiger partial charge < -0.3 is 37.3 Å². The topological polar surface area (TPSA) is 65.5 Å². The summed E-state index contributed by atoms with van der Waals surface area (Å²) in [6, 6.07) is 183. The molecule has 0 fully saturated rings. The van der Waals surface area contributed by atoms with Gasteiger partial charge in [-0.15, -0.1) is 22.7 Å². The lowest BCUT2D eigenvalue weighted by Crippen LogP contribution is -2.11. The van der Waals surface area contributed by atoms with Crippen molar-refractivity contribution in [3.8, 4) is 44.5 Å². The molecule has 0 radical (unpaired) electrons. The summed E-state index contributed by atoms with van der Waals surface area (Å²) in [6.45, 7) is 0. The second-order valence-electron chi connectivity index (χ2n) is 37.5. The molecule has 0 bridgehead atoms. The van der Waals surface area contributed by atoms with Crippen molar-refractivity contribution in [3.63, 3.8) is 0 Å². The summed E-state index contributed by atoms with van der Waals surface area (Å²) in [6.07, 6.45) is 0. The second kappa shape index (κ2) is 34.6. The molecule has 8 nitrogen and oxygen atoms in total. The highest BCUT2D eigenvalue weighted by atomic mass is 32.1. The van der Waals surface area contributed by atoms with E-state index >= 15 is 0 Å². The van der Waals surface area contributed by atoms with Crippen LogP contribution < -0.4 is 19.6 Å². The maximum Gasteiger partial charge on any atom is 0.159 e. The number of benzene rings is 24. The van der Waals surface area contributed by atoms with Crippen LogP contribution >= 0.6 is 22.7 Å². The minimum Gasteiger partial charge on any atom is -0.456 e. The fourth-order valence-corrected chi connectivity index (χ4v) is 25.3. The monoisotopic (exact) mass is 1900 g/mol. The van der Waals surface area contributed by atoms with Gasteiger partial charge >= 0.3 is 0 Å². The fourth-order valence-electron chi connectivity index (χ4n) is 22.7. The van der Waals surface area contributed by atoms with Gasteiger partial charge in [0.05, 0.1) is 22.7 Å². The summed E-state index contributed by atoms with van der Waals surface area (Å²) < 4.78 is 32.1. The third-order valence-electron chi connectivity index (χ3n) is 29.2. The van der Waals surface area contributed by atoms with Crippen molar-refractivity contribution in [2.45, 2.75) is 0 Å². The minimum atomic E-state index is 0.832. The van der Waals surface area contributed by atoms with Gasteiger partial charge in [-0.3, -0.25) is 0 Å². The van der Waals surface area contributed by atoms with Crippen LogP contribution in [-0.2, 0) is 0 Å². The van der Waals surface area contributed by atoms with Gasteiger partial charge in [0.15, 0.2) is 11.2 Å². The number of furan rings is 4. The Morgan fingerprint density at radius 1 is 0.144 bits per heavy atom. The predicted octanol–water partition coefficient (Wildman–Crippen LogP) is 40.9. The van der Waals surface area contributed by atoms with Crippen molar-refractivity contribution >= 4 is 262 Å². The Labute approximate surface area is 847 Å². The van der Waals surface area contributed by atoms with Gasteiger partial charge in [0, 0.05) is 174 Å². The van der Waals surface area contributed by atoms with E-state index in [9.17, 15) is 0 Å². The molecule has 684 valence electrons. The second-order valence-corrected chi connectivity index (χ2v) is 39.6. The third-order valence-corrected chi connectivity index (χ3v) is 31.6. The molecule has 0 N–H and O–H groups in total. The molecular formula is C136H84N4O4S2. The van der Waals surface area contributed by atoms with Crippen LogP contribution in [0.5, 0.6) is 0 Å². The fraction of sp³-hybridized carbons (Fsp3) is 0. The number of hydrogen-bond acceptors (Lipinski definition) is 10. The van der Waals surface area contributed by atoms with Gasteiger partial charge in [0.1, 0.15) is 33.5 Å². The number of para-hydroxylation sites is 10. The molecule has 0 atom stereocenters. The van der Waals surface area contributed by atoms with Crippen molar-refractivity contribution in [2.75, 3.05) is 19.6 Å². The summed E-state index contributed by atoms with van der Waals surface area (Å²) in [7, 11) is 0. The van der Waals surface area contributed by atoms with E-state index in [0.29, 0.717) is 0 Å². The van der Waals surface area contributed by atoms with Gasteiger partial charge in [-0.05, 0) is 188 Å². The van der Waals surface area contributed by atoms with Crippen LogP contribution in [0.2, 0.25) is 0 Å². The molecule has 0 aliphatic rings. The molecule has 0 amide bonds. The molecule has 0 unspecified atom stereocenters. The van der Waals surface area contributed by atoms with Crippen LogP contribution in [0.15, 0.2) is 527 Å². The van der Waals surface area contributed by atoms with Crippen molar-refractivity contribution in [3.05, 3.63) is 510 Å². The lowest BCUT2D eigenvalue weighted by atomic mass is 9.96. The Balaban J connectivity index is 0.000000146. The molecule has 10 heteroatoms. The number of thiophene rings is 2. The quantitative estimate of drug-likeness (QED) is 0.0887. The first-order valence-electron chi connectivity index (χ1n) is 49.5. The van der Waals surface area contributed by atoms with E-state index in [1.54, 1.807) is 0 Å². The van der Waals surface area contributed by atoms with Crippen LogP contribution in [0.1, 0.15) is 0 Å². The van der Waals surface area contributed by atoms with Crippen molar-refractivity contribution < 1.29 is 17.7 Å². The Kier molecular flexibility index (Phi) is 19.9. The molecule has 0 spiro atoms. The van der Waals surface area contributed by atoms with Crippen LogP contribution in [-0.4, -0.2) is 0 Å². The lowest BCUT2D eigenvalue weighted by Gasteiger charge is -2.28. The average Bonchev–Trinajstić information content (AvgIpc) is 1.54. The zero-order valence-electron chi connectivity index (χ0n) is 78.7.